The summed E-state index contributed by atoms with van der Waals surface area (Å²) in [6.07, 6.45) is 3.16. The van der Waals surface area contributed by atoms with Crippen LogP contribution in [-0.2, 0) is 4.79 Å². The summed E-state index contributed by atoms with van der Waals surface area (Å²) in [6.45, 7) is 3.16. The standard InChI is InChI=1S/C23H23N5O3/c1-16-9-10-19(28(30)31)12-20(16)26-23(29)18-8-5-11-27(14-18)22-13-21(24-15-25-22)17-6-3-2-4-7-17/h2-4,6-7,9-10,12-13,15,18H,5,8,11,14H2,1H3,(H,26,29). The Morgan fingerprint density at radius 2 is 1.97 bits per heavy atom. The Labute approximate surface area is 180 Å². The van der Waals surface area contributed by atoms with Crippen molar-refractivity contribution < 1.29 is 9.72 Å². The van der Waals surface area contributed by atoms with Crippen LogP contribution in [0.3, 0.4) is 0 Å². The first kappa shape index (κ1) is 20.5. The second kappa shape index (κ2) is 8.91. The van der Waals surface area contributed by atoms with Crippen LogP contribution in [0.5, 0.6) is 0 Å². The van der Waals surface area contributed by atoms with Gasteiger partial charge in [0.1, 0.15) is 12.1 Å². The van der Waals surface area contributed by atoms with E-state index < -0.39 is 4.92 Å². The molecule has 3 aromatic rings. The number of amides is 1. The first-order valence-electron chi connectivity index (χ1n) is 10.2. The minimum atomic E-state index is -0.461. The lowest BCUT2D eigenvalue weighted by molar-refractivity contribution is -0.384. The predicted octanol–water partition coefficient (Wildman–Crippen LogP) is 4.22. The van der Waals surface area contributed by atoms with Crippen LogP contribution in [0.1, 0.15) is 18.4 Å². The van der Waals surface area contributed by atoms with Gasteiger partial charge in [-0.25, -0.2) is 9.97 Å². The van der Waals surface area contributed by atoms with Crippen molar-refractivity contribution in [3.63, 3.8) is 0 Å². The van der Waals surface area contributed by atoms with Gasteiger partial charge in [-0.15, -0.1) is 0 Å². The Morgan fingerprint density at radius 1 is 1.16 bits per heavy atom. The second-order valence-electron chi connectivity index (χ2n) is 7.66. The van der Waals surface area contributed by atoms with E-state index in [0.717, 1.165) is 42.0 Å². The molecule has 2 heterocycles. The number of aryl methyl sites for hydroxylation is 1. The van der Waals surface area contributed by atoms with Crippen molar-refractivity contribution in [3.05, 3.63) is 76.6 Å². The Bertz CT molecular complexity index is 1100. The number of aromatic nitrogens is 2. The van der Waals surface area contributed by atoms with E-state index in [9.17, 15) is 14.9 Å². The molecule has 31 heavy (non-hydrogen) atoms. The van der Waals surface area contributed by atoms with E-state index in [0.29, 0.717) is 12.2 Å². The first-order valence-corrected chi connectivity index (χ1v) is 10.2. The molecule has 0 radical (unpaired) electrons. The quantitative estimate of drug-likeness (QED) is 0.493. The van der Waals surface area contributed by atoms with E-state index in [1.807, 2.05) is 43.3 Å². The van der Waals surface area contributed by atoms with Crippen LogP contribution in [-0.4, -0.2) is 33.9 Å². The highest BCUT2D eigenvalue weighted by atomic mass is 16.6. The number of carbonyl (C=O) groups excluding carboxylic acids is 1. The van der Waals surface area contributed by atoms with Crippen LogP contribution >= 0.6 is 0 Å². The molecule has 1 atom stereocenters. The molecular weight excluding hydrogens is 394 g/mol. The van der Waals surface area contributed by atoms with Crippen LogP contribution < -0.4 is 10.2 Å². The largest absolute Gasteiger partial charge is 0.356 e. The summed E-state index contributed by atoms with van der Waals surface area (Å²) in [6, 6.07) is 16.3. The highest BCUT2D eigenvalue weighted by Crippen LogP contribution is 2.27. The molecule has 0 saturated carbocycles. The number of nitrogens with zero attached hydrogens (tertiary/aromatic N) is 4. The zero-order valence-electron chi connectivity index (χ0n) is 17.2. The SMILES string of the molecule is Cc1ccc([N+](=O)[O-])cc1NC(=O)C1CCCN(c2cc(-c3ccccc3)ncn2)C1. The van der Waals surface area contributed by atoms with Crippen LogP contribution in [0, 0.1) is 23.0 Å². The Hall–Kier alpha value is -3.81. The monoisotopic (exact) mass is 417 g/mol. The summed E-state index contributed by atoms with van der Waals surface area (Å²) >= 11 is 0. The van der Waals surface area contributed by atoms with Gasteiger partial charge in [-0.3, -0.25) is 14.9 Å². The predicted molar refractivity (Wildman–Crippen MR) is 119 cm³/mol. The van der Waals surface area contributed by atoms with Crippen molar-refractivity contribution in [2.45, 2.75) is 19.8 Å². The fourth-order valence-corrected chi connectivity index (χ4v) is 3.78. The van der Waals surface area contributed by atoms with Gasteiger partial charge in [-0.2, -0.15) is 0 Å². The molecule has 2 aromatic carbocycles. The second-order valence-corrected chi connectivity index (χ2v) is 7.66. The molecule has 158 valence electrons. The molecule has 1 amide bonds. The van der Waals surface area contributed by atoms with E-state index in [1.165, 1.54) is 12.1 Å². The molecule has 8 heteroatoms. The van der Waals surface area contributed by atoms with E-state index in [1.54, 1.807) is 12.4 Å². The fraction of sp³-hybridized carbons (Fsp3) is 0.261. The molecule has 0 aliphatic carbocycles. The molecule has 4 rings (SSSR count). The van der Waals surface area contributed by atoms with Gasteiger partial charge in [0.25, 0.3) is 5.69 Å². The molecule has 1 fully saturated rings. The van der Waals surface area contributed by atoms with Crippen LogP contribution in [0.4, 0.5) is 17.2 Å². The Morgan fingerprint density at radius 3 is 2.74 bits per heavy atom. The van der Waals surface area contributed by atoms with Crippen molar-refractivity contribution in [1.29, 1.82) is 0 Å². The van der Waals surface area contributed by atoms with Gasteiger partial charge < -0.3 is 10.2 Å². The van der Waals surface area contributed by atoms with E-state index in [-0.39, 0.29) is 17.5 Å². The third-order valence-corrected chi connectivity index (χ3v) is 5.53. The maximum absolute atomic E-state index is 12.9. The zero-order chi connectivity index (χ0) is 21.8. The molecule has 1 N–H and O–H groups in total. The van der Waals surface area contributed by atoms with E-state index >= 15 is 0 Å². The van der Waals surface area contributed by atoms with Gasteiger partial charge in [0.15, 0.2) is 0 Å². The summed E-state index contributed by atoms with van der Waals surface area (Å²) in [7, 11) is 0. The third-order valence-electron chi connectivity index (χ3n) is 5.53. The number of piperidine rings is 1. The lowest BCUT2D eigenvalue weighted by Gasteiger charge is -2.33. The molecule has 0 spiro atoms. The van der Waals surface area contributed by atoms with Crippen molar-refractivity contribution in [3.8, 4) is 11.3 Å². The molecule has 1 unspecified atom stereocenters. The lowest BCUT2D eigenvalue weighted by atomic mass is 9.96. The molecule has 8 nitrogen and oxygen atoms in total. The number of nitrogens with one attached hydrogen (secondary N) is 1. The fourth-order valence-electron chi connectivity index (χ4n) is 3.78. The first-order chi connectivity index (χ1) is 15.0. The number of nitro groups is 1. The number of nitro benzene ring substituents is 1. The number of non-ortho nitro benzene ring substituents is 1. The molecule has 1 saturated heterocycles. The van der Waals surface area contributed by atoms with Gasteiger partial charge >= 0.3 is 0 Å². The molecule has 0 bridgehead atoms. The minimum Gasteiger partial charge on any atom is -0.356 e. The van der Waals surface area contributed by atoms with Crippen LogP contribution in [0.15, 0.2) is 60.9 Å². The van der Waals surface area contributed by atoms with Crippen molar-refractivity contribution >= 4 is 23.1 Å². The Kier molecular flexibility index (Phi) is 5.88. The highest BCUT2D eigenvalue weighted by Gasteiger charge is 2.27. The van der Waals surface area contributed by atoms with Gasteiger partial charge in [-0.05, 0) is 25.3 Å². The number of hydrogen-bond acceptors (Lipinski definition) is 6. The summed E-state index contributed by atoms with van der Waals surface area (Å²) in [5.41, 5.74) is 3.07. The van der Waals surface area contributed by atoms with Gasteiger partial charge in [0.2, 0.25) is 5.91 Å². The van der Waals surface area contributed by atoms with Crippen LogP contribution in [0.2, 0.25) is 0 Å². The average Bonchev–Trinajstić information content (AvgIpc) is 2.81. The molecular formula is C23H23N5O3. The number of benzene rings is 2. The topological polar surface area (TPSA) is 101 Å². The maximum Gasteiger partial charge on any atom is 0.271 e. The highest BCUT2D eigenvalue weighted by molar-refractivity contribution is 5.94. The number of anilines is 2. The van der Waals surface area contributed by atoms with E-state index in [2.05, 4.69) is 20.2 Å². The zero-order valence-corrected chi connectivity index (χ0v) is 17.2. The minimum absolute atomic E-state index is 0.0411. The maximum atomic E-state index is 12.9. The average molecular weight is 417 g/mol. The molecule has 1 aliphatic rings. The number of rotatable bonds is 5. The third kappa shape index (κ3) is 4.69. The summed E-state index contributed by atoms with van der Waals surface area (Å²) in [4.78, 5) is 34.4. The van der Waals surface area contributed by atoms with Crippen molar-refractivity contribution in [2.75, 3.05) is 23.3 Å². The van der Waals surface area contributed by atoms with Crippen LogP contribution in [0.25, 0.3) is 11.3 Å². The molecule has 1 aliphatic heterocycles. The van der Waals surface area contributed by atoms with Gasteiger partial charge in [-0.1, -0.05) is 36.4 Å². The smallest absolute Gasteiger partial charge is 0.271 e. The lowest BCUT2D eigenvalue weighted by Crippen LogP contribution is -2.41. The molecule has 1 aromatic heterocycles. The van der Waals surface area contributed by atoms with Crippen molar-refractivity contribution in [1.82, 2.24) is 9.97 Å². The summed E-state index contributed by atoms with van der Waals surface area (Å²) < 4.78 is 0. The van der Waals surface area contributed by atoms with Crippen molar-refractivity contribution in [2.24, 2.45) is 5.92 Å². The number of hydrogen-bond donors (Lipinski definition) is 1. The Balaban J connectivity index is 1.48. The van der Waals surface area contributed by atoms with Gasteiger partial charge in [0.05, 0.1) is 22.2 Å². The summed E-state index contributed by atoms with van der Waals surface area (Å²) in [5.74, 6) is 0.422. The normalized spacial score (nSPS) is 16.0. The summed E-state index contributed by atoms with van der Waals surface area (Å²) in [5, 5.41) is 13.9. The number of carbonyl (C=O) groups is 1. The van der Waals surface area contributed by atoms with E-state index in [4.69, 9.17) is 0 Å². The van der Waals surface area contributed by atoms with Gasteiger partial charge in [0, 0.05) is 36.9 Å².